The van der Waals surface area contributed by atoms with Gasteiger partial charge in [0.2, 0.25) is 11.9 Å². The van der Waals surface area contributed by atoms with Crippen LogP contribution in [0.3, 0.4) is 0 Å². The number of nitrogens with zero attached hydrogens (tertiary/aromatic N) is 1. The van der Waals surface area contributed by atoms with Crippen molar-refractivity contribution in [3.8, 4) is 0 Å². The smallest absolute Gasteiger partial charge is 0.230 e. The van der Waals surface area contributed by atoms with Gasteiger partial charge in [0, 0.05) is 31.1 Å². The molecule has 7 unspecified atom stereocenters. The highest BCUT2D eigenvalue weighted by molar-refractivity contribution is 5.79. The standard InChI is InChI=1S/C20H34N2O7/c1-3-26-16-6-5-13(9-17(16)27-4-2)7-8-21-20(23)14-10-18-19(29-12-28-18)11-15(14)22(24)25/h13-19H,3-12H2,1-2H3,(H,21,23). The van der Waals surface area contributed by atoms with E-state index in [0.717, 1.165) is 25.7 Å². The number of nitrogens with one attached hydrogen (secondary N) is 1. The van der Waals surface area contributed by atoms with Crippen molar-refractivity contribution in [1.82, 2.24) is 5.32 Å². The van der Waals surface area contributed by atoms with Gasteiger partial charge in [-0.1, -0.05) is 0 Å². The molecule has 9 heteroatoms. The monoisotopic (exact) mass is 414 g/mol. The van der Waals surface area contributed by atoms with E-state index < -0.39 is 12.0 Å². The van der Waals surface area contributed by atoms with Gasteiger partial charge in [-0.05, 0) is 51.9 Å². The first-order valence-electron chi connectivity index (χ1n) is 10.9. The molecule has 2 saturated carbocycles. The van der Waals surface area contributed by atoms with Crippen LogP contribution in [0.5, 0.6) is 0 Å². The molecule has 7 atom stereocenters. The zero-order valence-corrected chi connectivity index (χ0v) is 17.4. The van der Waals surface area contributed by atoms with Crippen molar-refractivity contribution in [1.29, 1.82) is 0 Å². The van der Waals surface area contributed by atoms with Crippen molar-refractivity contribution in [2.75, 3.05) is 26.6 Å². The third-order valence-electron chi connectivity index (χ3n) is 6.46. The van der Waals surface area contributed by atoms with E-state index in [2.05, 4.69) is 5.32 Å². The number of hydrogen-bond acceptors (Lipinski definition) is 7. The van der Waals surface area contributed by atoms with Crippen molar-refractivity contribution < 1.29 is 28.7 Å². The maximum atomic E-state index is 12.7. The Balaban J connectivity index is 1.46. The second-order valence-electron chi connectivity index (χ2n) is 8.21. The van der Waals surface area contributed by atoms with Gasteiger partial charge < -0.3 is 24.3 Å². The molecule has 166 valence electrons. The third kappa shape index (κ3) is 5.65. The fraction of sp³-hybridized carbons (Fsp3) is 0.950. The van der Waals surface area contributed by atoms with Crippen LogP contribution in [-0.2, 0) is 23.7 Å². The second kappa shape index (κ2) is 10.7. The number of carbonyl (C=O) groups excluding carboxylic acids is 1. The summed E-state index contributed by atoms with van der Waals surface area (Å²) in [5.74, 6) is -0.458. The molecule has 0 aromatic rings. The van der Waals surface area contributed by atoms with Gasteiger partial charge in [0.25, 0.3) is 0 Å². The number of nitro groups is 1. The van der Waals surface area contributed by atoms with E-state index >= 15 is 0 Å². The van der Waals surface area contributed by atoms with Gasteiger partial charge in [0.1, 0.15) is 12.7 Å². The molecule has 1 heterocycles. The number of hydrogen-bond donors (Lipinski definition) is 1. The van der Waals surface area contributed by atoms with E-state index in [1.807, 2.05) is 13.8 Å². The lowest BCUT2D eigenvalue weighted by atomic mass is 9.80. The SMILES string of the molecule is CCOC1CCC(CCNC(=O)C2CC3OCOC3CC2[N+](=O)[O-])CC1OCC. The van der Waals surface area contributed by atoms with Gasteiger partial charge in [-0.15, -0.1) is 0 Å². The Morgan fingerprint density at radius 1 is 1.07 bits per heavy atom. The molecule has 0 radical (unpaired) electrons. The number of amides is 1. The Kier molecular flexibility index (Phi) is 8.23. The molecule has 1 amide bonds. The number of fused-ring (bicyclic) bond motifs is 1. The Bertz CT molecular complexity index is 561. The molecule has 3 fully saturated rings. The Morgan fingerprint density at radius 3 is 2.45 bits per heavy atom. The Morgan fingerprint density at radius 2 is 1.76 bits per heavy atom. The number of ether oxygens (including phenoxy) is 4. The molecular weight excluding hydrogens is 380 g/mol. The molecule has 1 saturated heterocycles. The molecular formula is C20H34N2O7. The molecule has 3 rings (SSSR count). The Hall–Kier alpha value is -1.29. The predicted octanol–water partition coefficient (Wildman–Crippen LogP) is 1.90. The van der Waals surface area contributed by atoms with E-state index in [1.165, 1.54) is 0 Å². The molecule has 0 aromatic carbocycles. The minimum absolute atomic E-state index is 0.100. The predicted molar refractivity (Wildman–Crippen MR) is 104 cm³/mol. The van der Waals surface area contributed by atoms with Crippen LogP contribution in [0.2, 0.25) is 0 Å². The van der Waals surface area contributed by atoms with Crippen LogP contribution in [-0.4, -0.2) is 67.8 Å². The van der Waals surface area contributed by atoms with Crippen molar-refractivity contribution in [2.24, 2.45) is 11.8 Å². The first kappa shape index (κ1) is 22.4. The van der Waals surface area contributed by atoms with Crippen LogP contribution in [0.15, 0.2) is 0 Å². The topological polar surface area (TPSA) is 109 Å². The van der Waals surface area contributed by atoms with E-state index in [-0.39, 0.29) is 48.5 Å². The number of rotatable bonds is 9. The highest BCUT2D eigenvalue weighted by Crippen LogP contribution is 2.34. The molecule has 2 aliphatic carbocycles. The molecule has 1 N–H and O–H groups in total. The molecule has 0 spiro atoms. The molecule has 9 nitrogen and oxygen atoms in total. The zero-order chi connectivity index (χ0) is 20.8. The van der Waals surface area contributed by atoms with Gasteiger partial charge in [-0.2, -0.15) is 0 Å². The normalized spacial score (nSPS) is 37.1. The Labute approximate surface area is 171 Å². The van der Waals surface area contributed by atoms with Crippen LogP contribution in [0, 0.1) is 22.0 Å². The van der Waals surface area contributed by atoms with Crippen LogP contribution in [0.25, 0.3) is 0 Å². The summed E-state index contributed by atoms with van der Waals surface area (Å²) >= 11 is 0. The average molecular weight is 414 g/mol. The number of carbonyl (C=O) groups is 1. The van der Waals surface area contributed by atoms with E-state index in [1.54, 1.807) is 0 Å². The van der Waals surface area contributed by atoms with Crippen LogP contribution >= 0.6 is 0 Å². The minimum Gasteiger partial charge on any atom is -0.376 e. The lowest BCUT2D eigenvalue weighted by Crippen LogP contribution is -2.50. The molecule has 1 aliphatic heterocycles. The third-order valence-corrected chi connectivity index (χ3v) is 6.46. The highest BCUT2D eigenvalue weighted by atomic mass is 16.7. The molecule has 0 aromatic heterocycles. The first-order chi connectivity index (χ1) is 14.0. The largest absolute Gasteiger partial charge is 0.376 e. The summed E-state index contributed by atoms with van der Waals surface area (Å²) in [6, 6.07) is -0.915. The van der Waals surface area contributed by atoms with Crippen molar-refractivity contribution in [3.05, 3.63) is 10.1 Å². The zero-order valence-electron chi connectivity index (χ0n) is 17.4. The summed E-state index contributed by atoms with van der Waals surface area (Å²) in [6.07, 6.45) is 4.09. The summed E-state index contributed by atoms with van der Waals surface area (Å²) in [5, 5.41) is 14.4. The first-order valence-corrected chi connectivity index (χ1v) is 10.9. The molecule has 0 bridgehead atoms. The van der Waals surface area contributed by atoms with E-state index in [0.29, 0.717) is 32.1 Å². The summed E-state index contributed by atoms with van der Waals surface area (Å²) < 4.78 is 22.6. The summed E-state index contributed by atoms with van der Waals surface area (Å²) in [5.41, 5.74) is 0. The van der Waals surface area contributed by atoms with Crippen molar-refractivity contribution >= 4 is 5.91 Å². The van der Waals surface area contributed by atoms with Crippen LogP contribution in [0.4, 0.5) is 0 Å². The summed E-state index contributed by atoms with van der Waals surface area (Å²) in [7, 11) is 0. The quantitative estimate of drug-likeness (QED) is 0.453. The van der Waals surface area contributed by atoms with Crippen molar-refractivity contribution in [2.45, 2.75) is 82.8 Å². The highest BCUT2D eigenvalue weighted by Gasteiger charge is 2.49. The van der Waals surface area contributed by atoms with E-state index in [4.69, 9.17) is 18.9 Å². The van der Waals surface area contributed by atoms with Gasteiger partial charge in [-0.25, -0.2) is 0 Å². The lowest BCUT2D eigenvalue weighted by molar-refractivity contribution is -0.535. The van der Waals surface area contributed by atoms with Crippen LogP contribution in [0.1, 0.15) is 52.4 Å². The summed E-state index contributed by atoms with van der Waals surface area (Å²) in [6.45, 7) is 6.01. The minimum atomic E-state index is -0.915. The molecule has 29 heavy (non-hydrogen) atoms. The maximum Gasteiger partial charge on any atom is 0.230 e. The fourth-order valence-corrected chi connectivity index (χ4v) is 4.96. The fourth-order valence-electron chi connectivity index (χ4n) is 4.96. The van der Waals surface area contributed by atoms with Crippen molar-refractivity contribution in [3.63, 3.8) is 0 Å². The maximum absolute atomic E-state index is 12.7. The second-order valence-corrected chi connectivity index (χ2v) is 8.21. The van der Waals surface area contributed by atoms with Gasteiger partial charge in [0.15, 0.2) is 0 Å². The van der Waals surface area contributed by atoms with E-state index in [9.17, 15) is 14.9 Å². The average Bonchev–Trinajstić information content (AvgIpc) is 3.16. The van der Waals surface area contributed by atoms with Gasteiger partial charge in [0.05, 0.1) is 24.4 Å². The molecule has 3 aliphatic rings. The van der Waals surface area contributed by atoms with Crippen LogP contribution < -0.4 is 5.32 Å². The van der Waals surface area contributed by atoms with Gasteiger partial charge >= 0.3 is 0 Å². The summed E-state index contributed by atoms with van der Waals surface area (Å²) in [4.78, 5) is 23.8. The van der Waals surface area contributed by atoms with Gasteiger partial charge in [-0.3, -0.25) is 14.9 Å². The lowest BCUT2D eigenvalue weighted by Gasteiger charge is -2.36.